The Hall–Kier alpha value is -1.59. The zero-order valence-corrected chi connectivity index (χ0v) is 14.1. The molecule has 0 amide bonds. The summed E-state index contributed by atoms with van der Waals surface area (Å²) >= 11 is 5.86. The van der Waals surface area contributed by atoms with Crippen molar-refractivity contribution in [1.82, 2.24) is 15.0 Å². The molecular weight excluding hydrogens is 314 g/mol. The zero-order valence-electron chi connectivity index (χ0n) is 13.4. The summed E-state index contributed by atoms with van der Waals surface area (Å²) in [5.74, 6) is 2.73. The molecule has 1 atom stereocenters. The number of ether oxygens (including phenoxy) is 1. The van der Waals surface area contributed by atoms with Crippen molar-refractivity contribution in [2.75, 3.05) is 26.2 Å². The van der Waals surface area contributed by atoms with E-state index in [1.165, 1.54) is 6.42 Å². The molecule has 0 radical (unpaired) electrons. The quantitative estimate of drug-likeness (QED) is 0.754. The minimum absolute atomic E-state index is 0.363. The maximum absolute atomic E-state index is 5.86. The summed E-state index contributed by atoms with van der Waals surface area (Å²) in [4.78, 5) is 6.83. The van der Waals surface area contributed by atoms with E-state index in [0.29, 0.717) is 18.3 Å². The van der Waals surface area contributed by atoms with Crippen LogP contribution in [0.3, 0.4) is 0 Å². The highest BCUT2D eigenvalue weighted by molar-refractivity contribution is 6.30. The van der Waals surface area contributed by atoms with Crippen molar-refractivity contribution < 1.29 is 9.26 Å². The number of likely N-dealkylation sites (tertiary alicyclic amines) is 1. The second-order valence-corrected chi connectivity index (χ2v) is 6.41. The first kappa shape index (κ1) is 16.3. The normalized spacial score (nSPS) is 19.0. The molecule has 23 heavy (non-hydrogen) atoms. The fourth-order valence-electron chi connectivity index (χ4n) is 2.95. The summed E-state index contributed by atoms with van der Waals surface area (Å²) in [7, 11) is 0. The van der Waals surface area contributed by atoms with Crippen LogP contribution < -0.4 is 4.74 Å². The first-order valence-electron chi connectivity index (χ1n) is 8.11. The number of hydrogen-bond acceptors (Lipinski definition) is 5. The topological polar surface area (TPSA) is 51.4 Å². The molecular formula is C17H22ClN3O2. The first-order chi connectivity index (χ1) is 11.2. The van der Waals surface area contributed by atoms with Gasteiger partial charge in [-0.3, -0.25) is 0 Å². The van der Waals surface area contributed by atoms with E-state index >= 15 is 0 Å². The van der Waals surface area contributed by atoms with Crippen LogP contribution in [0.15, 0.2) is 28.8 Å². The van der Waals surface area contributed by atoms with Gasteiger partial charge in [-0.25, -0.2) is 0 Å². The predicted octanol–water partition coefficient (Wildman–Crippen LogP) is 3.68. The number of aromatic nitrogens is 2. The van der Waals surface area contributed by atoms with Crippen molar-refractivity contribution in [2.24, 2.45) is 0 Å². The Balaban J connectivity index is 1.40. The molecule has 1 aromatic carbocycles. The first-order valence-corrected chi connectivity index (χ1v) is 8.49. The average molecular weight is 336 g/mol. The van der Waals surface area contributed by atoms with E-state index in [2.05, 4.69) is 15.0 Å². The number of aryl methyl sites for hydroxylation is 1. The summed E-state index contributed by atoms with van der Waals surface area (Å²) in [6.07, 6.45) is 3.29. The molecule has 0 N–H and O–H groups in total. The number of piperidine rings is 1. The van der Waals surface area contributed by atoms with Crippen molar-refractivity contribution in [3.8, 4) is 5.75 Å². The average Bonchev–Trinajstić information content (AvgIpc) is 3.00. The molecule has 1 saturated heterocycles. The van der Waals surface area contributed by atoms with Crippen molar-refractivity contribution in [3.05, 3.63) is 41.0 Å². The third kappa shape index (κ3) is 4.69. The lowest BCUT2D eigenvalue weighted by Crippen LogP contribution is -2.35. The summed E-state index contributed by atoms with van der Waals surface area (Å²) in [5.41, 5.74) is 0. The summed E-state index contributed by atoms with van der Waals surface area (Å²) < 4.78 is 11.1. The molecule has 6 heteroatoms. The minimum atomic E-state index is 0.363. The molecule has 124 valence electrons. The molecule has 5 nitrogen and oxygen atoms in total. The summed E-state index contributed by atoms with van der Waals surface area (Å²) in [6, 6.07) is 7.49. The maximum atomic E-state index is 5.86. The van der Waals surface area contributed by atoms with Crippen LogP contribution in [-0.2, 0) is 0 Å². The second-order valence-electron chi connectivity index (χ2n) is 5.98. The van der Waals surface area contributed by atoms with Crippen LogP contribution in [0.4, 0.5) is 0 Å². The molecule has 0 aliphatic carbocycles. The fraction of sp³-hybridized carbons (Fsp3) is 0.529. The Bertz CT molecular complexity index is 615. The molecule has 1 fully saturated rings. The molecule has 1 aromatic heterocycles. The number of nitrogens with zero attached hydrogens (tertiary/aromatic N) is 3. The van der Waals surface area contributed by atoms with Gasteiger partial charge in [0, 0.05) is 18.1 Å². The van der Waals surface area contributed by atoms with E-state index in [1.54, 1.807) is 0 Å². The molecule has 2 aromatic rings. The molecule has 3 rings (SSSR count). The highest BCUT2D eigenvalue weighted by atomic mass is 35.5. The molecule has 1 unspecified atom stereocenters. The van der Waals surface area contributed by atoms with Gasteiger partial charge in [-0.2, -0.15) is 4.98 Å². The van der Waals surface area contributed by atoms with Gasteiger partial charge < -0.3 is 14.2 Å². The van der Waals surface area contributed by atoms with Gasteiger partial charge in [0.1, 0.15) is 5.75 Å². The van der Waals surface area contributed by atoms with Gasteiger partial charge in [0.15, 0.2) is 5.82 Å². The van der Waals surface area contributed by atoms with E-state index in [-0.39, 0.29) is 0 Å². The minimum Gasteiger partial charge on any atom is -0.494 e. The van der Waals surface area contributed by atoms with Crippen LogP contribution in [0.5, 0.6) is 5.75 Å². The van der Waals surface area contributed by atoms with Gasteiger partial charge >= 0.3 is 0 Å². The van der Waals surface area contributed by atoms with Crippen molar-refractivity contribution >= 4 is 11.6 Å². The lowest BCUT2D eigenvalue weighted by Gasteiger charge is -2.30. The molecule has 2 heterocycles. The smallest absolute Gasteiger partial charge is 0.231 e. The van der Waals surface area contributed by atoms with Crippen LogP contribution >= 0.6 is 11.6 Å². The van der Waals surface area contributed by atoms with Gasteiger partial charge in [0.2, 0.25) is 5.89 Å². The third-order valence-electron chi connectivity index (χ3n) is 4.10. The Morgan fingerprint density at radius 1 is 1.35 bits per heavy atom. The Morgan fingerprint density at radius 3 is 2.91 bits per heavy atom. The van der Waals surface area contributed by atoms with Crippen molar-refractivity contribution in [2.45, 2.75) is 32.1 Å². The largest absolute Gasteiger partial charge is 0.494 e. The second kappa shape index (κ2) is 7.79. The Morgan fingerprint density at radius 2 is 2.17 bits per heavy atom. The molecule has 0 bridgehead atoms. The zero-order chi connectivity index (χ0) is 16.1. The van der Waals surface area contributed by atoms with E-state index < -0.39 is 0 Å². The monoisotopic (exact) mass is 335 g/mol. The highest BCUT2D eigenvalue weighted by Crippen LogP contribution is 2.25. The van der Waals surface area contributed by atoms with Gasteiger partial charge in [0.05, 0.1) is 12.5 Å². The number of hydrogen-bond donors (Lipinski definition) is 0. The lowest BCUT2D eigenvalue weighted by molar-refractivity contribution is 0.173. The fourth-order valence-corrected chi connectivity index (χ4v) is 3.07. The van der Waals surface area contributed by atoms with Gasteiger partial charge in [-0.15, -0.1) is 0 Å². The number of halogens is 1. The van der Waals surface area contributed by atoms with Crippen LogP contribution in [0.2, 0.25) is 5.02 Å². The van der Waals surface area contributed by atoms with Crippen LogP contribution in [0, 0.1) is 6.92 Å². The van der Waals surface area contributed by atoms with Crippen molar-refractivity contribution in [3.63, 3.8) is 0 Å². The molecule has 1 aliphatic rings. The third-order valence-corrected chi connectivity index (χ3v) is 4.35. The standard InChI is InChI=1S/C17H22ClN3O2/c1-13-19-17(23-20-13)14-4-2-9-21(12-14)10-3-11-22-16-7-5-15(18)6-8-16/h5-8,14H,2-4,9-12H2,1H3. The molecule has 0 spiro atoms. The van der Waals surface area contributed by atoms with Crippen LogP contribution in [0.1, 0.15) is 36.9 Å². The number of benzene rings is 1. The van der Waals surface area contributed by atoms with E-state index in [0.717, 1.165) is 49.1 Å². The predicted molar refractivity (Wildman–Crippen MR) is 89.0 cm³/mol. The molecule has 1 aliphatic heterocycles. The van der Waals surface area contributed by atoms with Crippen LogP contribution in [0.25, 0.3) is 0 Å². The summed E-state index contributed by atoms with van der Waals surface area (Å²) in [5, 5.41) is 4.63. The van der Waals surface area contributed by atoms with E-state index in [9.17, 15) is 0 Å². The summed E-state index contributed by atoms with van der Waals surface area (Å²) in [6.45, 7) is 5.72. The number of rotatable bonds is 6. The SMILES string of the molecule is Cc1noc(C2CCCN(CCCOc3ccc(Cl)cc3)C2)n1. The lowest BCUT2D eigenvalue weighted by atomic mass is 9.98. The van der Waals surface area contributed by atoms with Gasteiger partial charge in [-0.1, -0.05) is 16.8 Å². The Kier molecular flexibility index (Phi) is 5.51. The molecule has 0 saturated carbocycles. The van der Waals surface area contributed by atoms with Gasteiger partial charge in [-0.05, 0) is 57.0 Å². The highest BCUT2D eigenvalue weighted by Gasteiger charge is 2.25. The van der Waals surface area contributed by atoms with E-state index in [1.807, 2.05) is 31.2 Å². The van der Waals surface area contributed by atoms with Crippen molar-refractivity contribution in [1.29, 1.82) is 0 Å². The van der Waals surface area contributed by atoms with Gasteiger partial charge in [0.25, 0.3) is 0 Å². The van der Waals surface area contributed by atoms with Crippen LogP contribution in [-0.4, -0.2) is 41.3 Å². The Labute approximate surface area is 141 Å². The maximum Gasteiger partial charge on any atom is 0.231 e. The van der Waals surface area contributed by atoms with E-state index in [4.69, 9.17) is 20.9 Å².